The van der Waals surface area contributed by atoms with Gasteiger partial charge in [0.1, 0.15) is 11.5 Å². The number of hydrogen-bond donors (Lipinski definition) is 0. The van der Waals surface area contributed by atoms with E-state index >= 15 is 0 Å². The number of carbonyl (C=O) groups excluding carboxylic acids is 1. The van der Waals surface area contributed by atoms with Crippen LogP contribution in [0.3, 0.4) is 0 Å². The number of ketones is 1. The van der Waals surface area contributed by atoms with E-state index in [0.717, 1.165) is 10.2 Å². The molecule has 27 heavy (non-hydrogen) atoms. The van der Waals surface area contributed by atoms with E-state index in [1.807, 2.05) is 6.07 Å². The van der Waals surface area contributed by atoms with E-state index in [-0.39, 0.29) is 29.3 Å². The third kappa shape index (κ3) is 4.30. The fourth-order valence-corrected chi connectivity index (χ4v) is 2.57. The lowest BCUT2D eigenvalue weighted by Crippen LogP contribution is -2.21. The molecule has 0 saturated heterocycles. The first-order chi connectivity index (χ1) is 13.0. The highest BCUT2D eigenvalue weighted by Crippen LogP contribution is 2.15. The van der Waals surface area contributed by atoms with Crippen molar-refractivity contribution in [2.24, 2.45) is 7.05 Å². The van der Waals surface area contributed by atoms with E-state index in [4.69, 9.17) is 5.26 Å². The molecule has 3 rings (SSSR count). The largest absolute Gasteiger partial charge is 0.292 e. The minimum absolute atomic E-state index is 0.0454. The van der Waals surface area contributed by atoms with E-state index in [1.165, 1.54) is 37.4 Å². The molecule has 2 heterocycles. The number of nitrogens with zero attached hydrogens (tertiary/aromatic N) is 4. The second kappa shape index (κ2) is 7.70. The van der Waals surface area contributed by atoms with Crippen LogP contribution in [0.5, 0.6) is 0 Å². The summed E-state index contributed by atoms with van der Waals surface area (Å²) >= 11 is 0. The number of halogens is 1. The molecule has 7 heteroatoms. The lowest BCUT2D eigenvalue weighted by Gasteiger charge is -2.06. The maximum absolute atomic E-state index is 13.9. The van der Waals surface area contributed by atoms with Gasteiger partial charge < -0.3 is 0 Å². The molecule has 134 valence electrons. The Morgan fingerprint density at radius 1 is 1.22 bits per heavy atom. The fourth-order valence-electron chi connectivity index (χ4n) is 2.57. The van der Waals surface area contributed by atoms with E-state index in [0.29, 0.717) is 23.2 Å². The Morgan fingerprint density at radius 2 is 2.04 bits per heavy atom. The predicted molar refractivity (Wildman–Crippen MR) is 95.7 cm³/mol. The maximum Gasteiger partial charge on any atom is 0.266 e. The van der Waals surface area contributed by atoms with E-state index < -0.39 is 0 Å². The summed E-state index contributed by atoms with van der Waals surface area (Å²) in [6, 6.07) is 12.3. The molecule has 6 nitrogen and oxygen atoms in total. The van der Waals surface area contributed by atoms with Crippen molar-refractivity contribution in [1.82, 2.24) is 14.8 Å². The van der Waals surface area contributed by atoms with Gasteiger partial charge in [-0.3, -0.25) is 14.6 Å². The van der Waals surface area contributed by atoms with Gasteiger partial charge in [0.05, 0.1) is 18.1 Å². The molecule has 1 aromatic carbocycles. The van der Waals surface area contributed by atoms with Crippen LogP contribution in [0.4, 0.5) is 4.39 Å². The summed E-state index contributed by atoms with van der Waals surface area (Å²) in [4.78, 5) is 27.9. The summed E-state index contributed by atoms with van der Waals surface area (Å²) in [5.74, 6) is -0.632. The van der Waals surface area contributed by atoms with Crippen molar-refractivity contribution < 1.29 is 9.18 Å². The zero-order chi connectivity index (χ0) is 19.4. The van der Waals surface area contributed by atoms with Crippen molar-refractivity contribution in [3.8, 4) is 6.07 Å². The van der Waals surface area contributed by atoms with Crippen LogP contribution in [-0.4, -0.2) is 20.5 Å². The molecule has 0 radical (unpaired) electrons. The Hall–Kier alpha value is -3.66. The van der Waals surface area contributed by atoms with Gasteiger partial charge >= 0.3 is 0 Å². The summed E-state index contributed by atoms with van der Waals surface area (Å²) in [5.41, 5.74) is 2.02. The summed E-state index contributed by atoms with van der Waals surface area (Å²) in [6.07, 6.45) is 1.92. The lowest BCUT2D eigenvalue weighted by atomic mass is 10.0. The van der Waals surface area contributed by atoms with Crippen molar-refractivity contribution >= 4 is 5.78 Å². The van der Waals surface area contributed by atoms with Gasteiger partial charge in [-0.2, -0.15) is 10.4 Å². The minimum atomic E-state index is -0.381. The van der Waals surface area contributed by atoms with Crippen molar-refractivity contribution in [2.75, 3.05) is 0 Å². The van der Waals surface area contributed by atoms with Crippen LogP contribution in [0.1, 0.15) is 32.9 Å². The molecule has 0 N–H and O–H groups in total. The molecule has 0 fully saturated rings. The normalized spacial score (nSPS) is 10.4. The summed E-state index contributed by atoms with van der Waals surface area (Å²) in [6.45, 7) is 0. The van der Waals surface area contributed by atoms with Crippen LogP contribution in [0.25, 0.3) is 0 Å². The van der Waals surface area contributed by atoms with E-state index in [1.54, 1.807) is 18.3 Å². The van der Waals surface area contributed by atoms with Crippen molar-refractivity contribution in [2.45, 2.75) is 12.8 Å². The smallest absolute Gasteiger partial charge is 0.266 e. The SMILES string of the molecule is Cn1nc(C(=O)Cc2ccc(Cc3cc(C#N)ccc3F)cn2)ccc1=O. The van der Waals surface area contributed by atoms with Crippen LogP contribution in [0.2, 0.25) is 0 Å². The third-order valence-electron chi connectivity index (χ3n) is 4.04. The Balaban J connectivity index is 1.72. The molecule has 3 aromatic rings. The topological polar surface area (TPSA) is 88.6 Å². The molecular formula is C20H15FN4O2. The molecule has 0 atom stereocenters. The van der Waals surface area contributed by atoms with Crippen molar-refractivity contribution in [3.05, 3.63) is 92.9 Å². The van der Waals surface area contributed by atoms with Gasteiger partial charge in [0.25, 0.3) is 5.56 Å². The first-order valence-electron chi connectivity index (χ1n) is 8.16. The molecule has 0 saturated carbocycles. The highest BCUT2D eigenvalue weighted by Gasteiger charge is 2.11. The maximum atomic E-state index is 13.9. The zero-order valence-corrected chi connectivity index (χ0v) is 14.5. The molecule has 0 aliphatic carbocycles. The van der Waals surface area contributed by atoms with Crippen molar-refractivity contribution in [1.29, 1.82) is 5.26 Å². The Kier molecular flexibility index (Phi) is 5.18. The van der Waals surface area contributed by atoms with Crippen LogP contribution in [-0.2, 0) is 19.9 Å². The first kappa shape index (κ1) is 18.1. The van der Waals surface area contributed by atoms with Gasteiger partial charge in [-0.15, -0.1) is 0 Å². The first-order valence-corrected chi connectivity index (χ1v) is 8.16. The van der Waals surface area contributed by atoms with Crippen LogP contribution in [0, 0.1) is 17.1 Å². The van der Waals surface area contributed by atoms with Gasteiger partial charge in [-0.25, -0.2) is 9.07 Å². The van der Waals surface area contributed by atoms with Crippen LogP contribution >= 0.6 is 0 Å². The van der Waals surface area contributed by atoms with E-state index in [2.05, 4.69) is 10.1 Å². The average molecular weight is 362 g/mol. The second-order valence-electron chi connectivity index (χ2n) is 6.03. The zero-order valence-electron chi connectivity index (χ0n) is 14.5. The van der Waals surface area contributed by atoms with Crippen LogP contribution in [0.15, 0.2) is 53.5 Å². The highest BCUT2D eigenvalue weighted by atomic mass is 19.1. The Bertz CT molecular complexity index is 1100. The number of aryl methyl sites for hydroxylation is 1. The number of Topliss-reactive ketones (excluding diaryl/α,β-unsaturated/α-hetero) is 1. The monoisotopic (exact) mass is 362 g/mol. The van der Waals surface area contributed by atoms with Gasteiger partial charge in [0.2, 0.25) is 0 Å². The molecule has 0 bridgehead atoms. The molecule has 0 spiro atoms. The van der Waals surface area contributed by atoms with Gasteiger partial charge in [-0.05, 0) is 41.5 Å². The number of benzene rings is 1. The number of nitriles is 1. The molecule has 0 amide bonds. The van der Waals surface area contributed by atoms with Gasteiger partial charge in [-0.1, -0.05) is 6.07 Å². The molecular weight excluding hydrogens is 347 g/mol. The third-order valence-corrected chi connectivity index (χ3v) is 4.04. The summed E-state index contributed by atoms with van der Waals surface area (Å²) < 4.78 is 15.0. The van der Waals surface area contributed by atoms with E-state index in [9.17, 15) is 14.0 Å². The Morgan fingerprint density at radius 3 is 2.70 bits per heavy atom. The fraction of sp³-hybridized carbons (Fsp3) is 0.150. The van der Waals surface area contributed by atoms with Crippen molar-refractivity contribution in [3.63, 3.8) is 0 Å². The summed E-state index contributed by atoms with van der Waals surface area (Å²) in [5, 5.41) is 12.9. The summed E-state index contributed by atoms with van der Waals surface area (Å²) in [7, 11) is 1.48. The number of pyridine rings is 1. The number of carbonyl (C=O) groups is 1. The highest BCUT2D eigenvalue weighted by molar-refractivity contribution is 5.95. The standard InChI is InChI=1S/C20H15FN4O2/c1-25-20(27)7-6-18(24-25)19(26)10-16-4-2-14(12-23-16)9-15-8-13(11-22)3-5-17(15)21/h2-8,12H,9-10H2,1H3. The molecule has 0 aliphatic heterocycles. The number of aromatic nitrogens is 3. The Labute approximate surface area is 154 Å². The number of rotatable bonds is 5. The number of hydrogen-bond acceptors (Lipinski definition) is 5. The van der Waals surface area contributed by atoms with Gasteiger partial charge in [0.15, 0.2) is 5.78 Å². The molecule has 0 unspecified atom stereocenters. The quantitative estimate of drug-likeness (QED) is 0.649. The minimum Gasteiger partial charge on any atom is -0.292 e. The second-order valence-corrected chi connectivity index (χ2v) is 6.03. The van der Waals surface area contributed by atoms with Crippen LogP contribution < -0.4 is 5.56 Å². The average Bonchev–Trinajstić information content (AvgIpc) is 2.67. The van der Waals surface area contributed by atoms with Gasteiger partial charge in [0, 0.05) is 31.4 Å². The molecule has 2 aromatic heterocycles. The molecule has 0 aliphatic rings. The predicted octanol–water partition coefficient (Wildman–Crippen LogP) is 2.20. The lowest BCUT2D eigenvalue weighted by molar-refractivity contribution is 0.0985.